The third-order valence-corrected chi connectivity index (χ3v) is 4.26. The molecule has 2 N–H and O–H groups in total. The molecule has 3 rings (SSSR count). The molecule has 0 saturated heterocycles. The zero-order valence-corrected chi connectivity index (χ0v) is 15.9. The molecule has 1 aliphatic heterocycles. The summed E-state index contributed by atoms with van der Waals surface area (Å²) in [7, 11) is 0. The van der Waals surface area contributed by atoms with Gasteiger partial charge in [0.1, 0.15) is 18.2 Å². The predicted molar refractivity (Wildman–Crippen MR) is 103 cm³/mol. The summed E-state index contributed by atoms with van der Waals surface area (Å²) in [6, 6.07) is 9.22. The van der Waals surface area contributed by atoms with Crippen LogP contribution in [0.25, 0.3) is 0 Å². The van der Waals surface area contributed by atoms with E-state index < -0.39 is 28.8 Å². The molecule has 1 aliphatic rings. The zero-order chi connectivity index (χ0) is 21.7. The number of hydrogen-bond acceptors (Lipinski definition) is 6. The van der Waals surface area contributed by atoms with Crippen LogP contribution in [0.4, 0.5) is 14.9 Å². The second-order valence-corrected chi connectivity index (χ2v) is 6.24. The molecule has 2 aromatic carbocycles. The summed E-state index contributed by atoms with van der Waals surface area (Å²) in [4.78, 5) is 35.4. The van der Waals surface area contributed by atoms with Gasteiger partial charge < -0.3 is 20.1 Å². The van der Waals surface area contributed by atoms with E-state index in [1.165, 1.54) is 42.5 Å². The highest BCUT2D eigenvalue weighted by Crippen LogP contribution is 2.30. The van der Waals surface area contributed by atoms with Gasteiger partial charge in [0.25, 0.3) is 5.69 Å². The lowest BCUT2D eigenvalue weighted by molar-refractivity contribution is -0.384. The molecule has 2 amide bonds. The number of ether oxygens (including phenoxy) is 2. The Bertz CT molecular complexity index is 1010. The molecule has 2 aromatic rings. The Balaban J connectivity index is 1.99. The van der Waals surface area contributed by atoms with Gasteiger partial charge in [-0.3, -0.25) is 10.1 Å². The molecule has 0 unspecified atom stereocenters. The molecule has 0 saturated carbocycles. The van der Waals surface area contributed by atoms with Gasteiger partial charge in [0.15, 0.2) is 0 Å². The number of nitro benzene ring substituents is 1. The van der Waals surface area contributed by atoms with Crippen LogP contribution in [0.3, 0.4) is 0 Å². The first-order chi connectivity index (χ1) is 14.4. The summed E-state index contributed by atoms with van der Waals surface area (Å²) in [5.41, 5.74) is 0.339. The molecule has 1 heterocycles. The first kappa shape index (κ1) is 20.8. The normalized spacial score (nSPS) is 15.8. The molecule has 0 aromatic heterocycles. The van der Waals surface area contributed by atoms with Gasteiger partial charge >= 0.3 is 12.0 Å². The smallest absolute Gasteiger partial charge is 0.338 e. The Labute approximate surface area is 170 Å². The number of esters is 1. The summed E-state index contributed by atoms with van der Waals surface area (Å²) in [5, 5.41) is 16.2. The van der Waals surface area contributed by atoms with Crippen molar-refractivity contribution in [2.45, 2.75) is 13.0 Å². The molecular weight excluding hydrogens is 397 g/mol. The number of carbonyl (C=O) groups excluding carboxylic acids is 2. The average Bonchev–Trinajstić information content (AvgIpc) is 2.73. The molecule has 9 nitrogen and oxygen atoms in total. The zero-order valence-electron chi connectivity index (χ0n) is 15.9. The van der Waals surface area contributed by atoms with Crippen molar-refractivity contribution < 1.29 is 28.4 Å². The Kier molecular flexibility index (Phi) is 6.26. The van der Waals surface area contributed by atoms with E-state index in [1.54, 1.807) is 13.0 Å². The van der Waals surface area contributed by atoms with Crippen molar-refractivity contribution in [3.8, 4) is 5.75 Å². The first-order valence-corrected chi connectivity index (χ1v) is 8.99. The molecule has 156 valence electrons. The molecule has 0 spiro atoms. The maximum Gasteiger partial charge on any atom is 0.338 e. The number of rotatable bonds is 7. The summed E-state index contributed by atoms with van der Waals surface area (Å²) < 4.78 is 23.8. The number of nitro groups is 1. The molecule has 0 fully saturated rings. The lowest BCUT2D eigenvalue weighted by Gasteiger charge is -2.29. The highest BCUT2D eigenvalue weighted by atomic mass is 19.1. The van der Waals surface area contributed by atoms with Crippen molar-refractivity contribution in [1.29, 1.82) is 0 Å². The molecule has 0 radical (unpaired) electrons. The maximum atomic E-state index is 13.1. The Morgan fingerprint density at radius 2 is 1.97 bits per heavy atom. The van der Waals surface area contributed by atoms with E-state index in [2.05, 4.69) is 10.6 Å². The average molecular weight is 415 g/mol. The Morgan fingerprint density at radius 1 is 1.23 bits per heavy atom. The third kappa shape index (κ3) is 4.72. The fraction of sp³-hybridized carbons (Fsp3) is 0.200. The van der Waals surface area contributed by atoms with Crippen molar-refractivity contribution in [2.75, 3.05) is 13.2 Å². The maximum absolute atomic E-state index is 13.1. The van der Waals surface area contributed by atoms with Gasteiger partial charge in [0, 0.05) is 12.1 Å². The molecular formula is C20H18FN3O6. The highest BCUT2D eigenvalue weighted by Gasteiger charge is 2.34. The minimum Gasteiger partial charge on any atom is -0.487 e. The van der Waals surface area contributed by atoms with Crippen molar-refractivity contribution in [3.05, 3.63) is 81.3 Å². The van der Waals surface area contributed by atoms with Crippen LogP contribution in [0.1, 0.15) is 18.5 Å². The number of urea groups is 1. The SMILES string of the molecule is CCOC(=O)C1=C(COc2ccc(F)cc2)NC(=O)N[C@@H]1c1cccc([N+](=O)[O-])c1. The van der Waals surface area contributed by atoms with E-state index >= 15 is 0 Å². The van der Waals surface area contributed by atoms with E-state index in [0.29, 0.717) is 11.3 Å². The van der Waals surface area contributed by atoms with Gasteiger partial charge in [0.05, 0.1) is 28.8 Å². The second kappa shape index (κ2) is 9.03. The molecule has 1 atom stereocenters. The second-order valence-electron chi connectivity index (χ2n) is 6.24. The molecule has 30 heavy (non-hydrogen) atoms. The van der Waals surface area contributed by atoms with E-state index in [0.717, 1.165) is 0 Å². The third-order valence-electron chi connectivity index (χ3n) is 4.26. The Morgan fingerprint density at radius 3 is 2.63 bits per heavy atom. The van der Waals surface area contributed by atoms with Crippen LogP contribution in [0.2, 0.25) is 0 Å². The number of hydrogen-bond donors (Lipinski definition) is 2. The number of nitrogens with one attached hydrogen (secondary N) is 2. The van der Waals surface area contributed by atoms with Crippen LogP contribution < -0.4 is 15.4 Å². The topological polar surface area (TPSA) is 120 Å². The summed E-state index contributed by atoms with van der Waals surface area (Å²) in [6.45, 7) is 1.51. The first-order valence-electron chi connectivity index (χ1n) is 8.99. The van der Waals surface area contributed by atoms with E-state index in [9.17, 15) is 24.1 Å². The predicted octanol–water partition coefficient (Wildman–Crippen LogP) is 2.98. The van der Waals surface area contributed by atoms with Crippen LogP contribution in [0.5, 0.6) is 5.75 Å². The number of amides is 2. The number of nitrogens with zero attached hydrogens (tertiary/aromatic N) is 1. The monoisotopic (exact) mass is 415 g/mol. The highest BCUT2D eigenvalue weighted by molar-refractivity contribution is 5.95. The molecule has 0 aliphatic carbocycles. The van der Waals surface area contributed by atoms with Gasteiger partial charge in [-0.25, -0.2) is 14.0 Å². The quantitative estimate of drug-likeness (QED) is 0.408. The fourth-order valence-electron chi connectivity index (χ4n) is 2.94. The van der Waals surface area contributed by atoms with Gasteiger partial charge in [-0.1, -0.05) is 12.1 Å². The van der Waals surface area contributed by atoms with Gasteiger partial charge in [-0.15, -0.1) is 0 Å². The lowest BCUT2D eigenvalue weighted by atomic mass is 9.95. The van der Waals surface area contributed by atoms with Crippen LogP contribution in [-0.4, -0.2) is 30.1 Å². The number of benzene rings is 2. The van der Waals surface area contributed by atoms with Crippen molar-refractivity contribution in [1.82, 2.24) is 10.6 Å². The van der Waals surface area contributed by atoms with Crippen molar-refractivity contribution >= 4 is 17.7 Å². The fourth-order valence-corrected chi connectivity index (χ4v) is 2.94. The summed E-state index contributed by atoms with van der Waals surface area (Å²) in [5.74, 6) is -0.819. The number of halogens is 1. The van der Waals surface area contributed by atoms with E-state index in [4.69, 9.17) is 9.47 Å². The number of carbonyl (C=O) groups is 2. The molecule has 10 heteroatoms. The summed E-state index contributed by atoms with van der Waals surface area (Å²) in [6.07, 6.45) is 0. The van der Waals surface area contributed by atoms with Crippen LogP contribution in [0, 0.1) is 15.9 Å². The van der Waals surface area contributed by atoms with Gasteiger partial charge in [-0.2, -0.15) is 0 Å². The van der Waals surface area contributed by atoms with Crippen LogP contribution in [-0.2, 0) is 9.53 Å². The van der Waals surface area contributed by atoms with E-state index in [-0.39, 0.29) is 30.2 Å². The van der Waals surface area contributed by atoms with Gasteiger partial charge in [-0.05, 0) is 36.8 Å². The van der Waals surface area contributed by atoms with Gasteiger partial charge in [0.2, 0.25) is 0 Å². The minimum absolute atomic E-state index is 0.0547. The summed E-state index contributed by atoms with van der Waals surface area (Å²) >= 11 is 0. The van der Waals surface area contributed by atoms with Crippen molar-refractivity contribution in [3.63, 3.8) is 0 Å². The largest absolute Gasteiger partial charge is 0.487 e. The van der Waals surface area contributed by atoms with E-state index in [1.807, 2.05) is 0 Å². The van der Waals surface area contributed by atoms with Crippen LogP contribution >= 0.6 is 0 Å². The lowest BCUT2D eigenvalue weighted by Crippen LogP contribution is -2.47. The van der Waals surface area contributed by atoms with Crippen LogP contribution in [0.15, 0.2) is 59.8 Å². The van der Waals surface area contributed by atoms with Crippen molar-refractivity contribution in [2.24, 2.45) is 0 Å². The molecule has 0 bridgehead atoms. The number of non-ortho nitro benzene ring substituents is 1. The Hall–Kier alpha value is -3.95. The minimum atomic E-state index is -0.982. The standard InChI is InChI=1S/C20H18FN3O6/c1-2-29-19(25)17-16(11-30-15-8-6-13(21)7-9-15)22-20(26)23-18(17)12-4-3-5-14(10-12)24(27)28/h3-10,18H,2,11H2,1H3,(H2,22,23,26)/t18-/m1/s1.